The van der Waals surface area contributed by atoms with E-state index in [-0.39, 0.29) is 6.61 Å². The molecule has 1 aliphatic rings. The van der Waals surface area contributed by atoms with Crippen LogP contribution >= 0.6 is 23.4 Å². The molecule has 0 N–H and O–H groups in total. The molecule has 0 bridgehead atoms. The minimum Gasteiger partial charge on any atom is -0.458 e. The number of pyridine rings is 1. The van der Waals surface area contributed by atoms with Crippen LogP contribution in [0.4, 0.5) is 0 Å². The number of aromatic nitrogens is 2. The molecular weight excluding hydrogens is 426 g/mol. The summed E-state index contributed by atoms with van der Waals surface area (Å²) in [4.78, 5) is 43.9. The molecule has 3 heterocycles. The summed E-state index contributed by atoms with van der Waals surface area (Å²) in [6.45, 7) is -0.0724. The van der Waals surface area contributed by atoms with Crippen molar-refractivity contribution in [1.82, 2.24) is 14.3 Å². The van der Waals surface area contributed by atoms with Gasteiger partial charge < -0.3 is 9.14 Å². The molecule has 0 radical (unpaired) electrons. The molecule has 30 heavy (non-hydrogen) atoms. The van der Waals surface area contributed by atoms with Gasteiger partial charge in [0.2, 0.25) is 0 Å². The molecule has 0 aliphatic carbocycles. The van der Waals surface area contributed by atoms with Crippen LogP contribution < -0.4 is 0 Å². The van der Waals surface area contributed by atoms with Crippen LogP contribution in [0.25, 0.3) is 5.65 Å². The third-order valence-electron chi connectivity index (χ3n) is 4.83. The number of imide groups is 1. The highest BCUT2D eigenvalue weighted by Gasteiger charge is 2.43. The number of esters is 1. The maximum Gasteiger partial charge on any atom is 0.329 e. The van der Waals surface area contributed by atoms with Crippen LogP contribution in [0.5, 0.6) is 0 Å². The molecule has 0 saturated carbocycles. The molecule has 1 atom stereocenters. The first-order chi connectivity index (χ1) is 14.5. The summed E-state index contributed by atoms with van der Waals surface area (Å²) in [7, 11) is 0. The van der Waals surface area contributed by atoms with Crippen molar-refractivity contribution >= 4 is 46.8 Å². The molecule has 3 aromatic rings. The Balaban J connectivity index is 1.52. The number of hydrogen-bond donors (Lipinski definition) is 0. The molecule has 0 saturated heterocycles. The van der Waals surface area contributed by atoms with Crippen LogP contribution in [-0.4, -0.2) is 50.1 Å². The van der Waals surface area contributed by atoms with Crippen LogP contribution in [0.3, 0.4) is 0 Å². The van der Waals surface area contributed by atoms with Crippen molar-refractivity contribution in [2.24, 2.45) is 0 Å². The van der Waals surface area contributed by atoms with Crippen molar-refractivity contribution in [2.75, 3.05) is 12.0 Å². The molecule has 7 nitrogen and oxygen atoms in total. The van der Waals surface area contributed by atoms with Crippen molar-refractivity contribution in [1.29, 1.82) is 0 Å². The highest BCUT2D eigenvalue weighted by molar-refractivity contribution is 7.98. The number of imidazole rings is 1. The molecule has 0 spiro atoms. The zero-order valence-electron chi connectivity index (χ0n) is 16.1. The maximum atomic E-state index is 12.9. The van der Waals surface area contributed by atoms with Gasteiger partial charge in [0.05, 0.1) is 21.8 Å². The van der Waals surface area contributed by atoms with Gasteiger partial charge in [-0.05, 0) is 42.7 Å². The topological polar surface area (TPSA) is 81.0 Å². The molecule has 154 valence electrons. The van der Waals surface area contributed by atoms with Crippen LogP contribution in [0.1, 0.15) is 32.8 Å². The second kappa shape index (κ2) is 8.49. The van der Waals surface area contributed by atoms with Gasteiger partial charge in [0, 0.05) is 12.4 Å². The van der Waals surface area contributed by atoms with Gasteiger partial charge in [-0.15, -0.1) is 0 Å². The van der Waals surface area contributed by atoms with Crippen molar-refractivity contribution in [3.05, 3.63) is 70.6 Å². The second-order valence-electron chi connectivity index (χ2n) is 6.78. The SMILES string of the molecule is CSCC[C@H](C(=O)OCc1cn2cc(Cl)ccc2n1)N1C(=O)c2ccccc2C1=O. The summed E-state index contributed by atoms with van der Waals surface area (Å²) in [5.41, 5.74) is 1.82. The Morgan fingerprint density at radius 2 is 1.83 bits per heavy atom. The molecule has 0 unspecified atom stereocenters. The van der Waals surface area contributed by atoms with E-state index in [1.54, 1.807) is 53.2 Å². The third kappa shape index (κ3) is 3.80. The lowest BCUT2D eigenvalue weighted by Gasteiger charge is -2.24. The Bertz CT molecular complexity index is 1110. The summed E-state index contributed by atoms with van der Waals surface area (Å²) in [6, 6.07) is 9.06. The van der Waals surface area contributed by atoms with Gasteiger partial charge >= 0.3 is 5.97 Å². The second-order valence-corrected chi connectivity index (χ2v) is 8.20. The number of fused-ring (bicyclic) bond motifs is 2. The molecule has 2 amide bonds. The van der Waals surface area contributed by atoms with E-state index in [4.69, 9.17) is 16.3 Å². The minimum absolute atomic E-state index is 0.0724. The van der Waals surface area contributed by atoms with Crippen molar-refractivity contribution in [2.45, 2.75) is 19.1 Å². The summed E-state index contributed by atoms with van der Waals surface area (Å²) < 4.78 is 7.19. The lowest BCUT2D eigenvalue weighted by atomic mass is 10.1. The highest BCUT2D eigenvalue weighted by atomic mass is 35.5. The zero-order valence-corrected chi connectivity index (χ0v) is 17.7. The molecule has 0 fully saturated rings. The van der Waals surface area contributed by atoms with E-state index in [0.717, 1.165) is 4.90 Å². The fourth-order valence-corrected chi connectivity index (χ4v) is 4.03. The Morgan fingerprint density at radius 3 is 2.50 bits per heavy atom. The molecule has 4 rings (SSSR count). The molecule has 9 heteroatoms. The number of carbonyl (C=O) groups is 3. The first-order valence-corrected chi connectivity index (χ1v) is 11.0. The standard InChI is InChI=1S/C21H18ClN3O4S/c1-30-9-8-17(25-19(26)15-4-2-3-5-16(15)20(25)27)21(28)29-12-14-11-24-10-13(22)6-7-18(24)23-14/h2-7,10-11,17H,8-9,12H2,1H3/t17-/m1/s1. The van der Waals surface area contributed by atoms with Gasteiger partial charge in [-0.3, -0.25) is 14.5 Å². The summed E-state index contributed by atoms with van der Waals surface area (Å²) in [5.74, 6) is -0.976. The Morgan fingerprint density at radius 1 is 1.13 bits per heavy atom. The normalized spacial score (nSPS) is 14.3. The first kappa shape index (κ1) is 20.4. The number of halogens is 1. The highest BCUT2D eigenvalue weighted by Crippen LogP contribution is 2.27. The van der Waals surface area contributed by atoms with Crippen molar-refractivity contribution < 1.29 is 19.1 Å². The number of thioether (sulfide) groups is 1. The van der Waals surface area contributed by atoms with Gasteiger partial charge in [0.25, 0.3) is 11.8 Å². The van der Waals surface area contributed by atoms with Crippen molar-refractivity contribution in [3.63, 3.8) is 0 Å². The number of rotatable bonds is 7. The van der Waals surface area contributed by atoms with Gasteiger partial charge in [0.15, 0.2) is 0 Å². The van der Waals surface area contributed by atoms with E-state index in [0.29, 0.717) is 39.7 Å². The Kier molecular flexibility index (Phi) is 5.78. The number of amides is 2. The van der Waals surface area contributed by atoms with E-state index in [1.165, 1.54) is 11.8 Å². The van der Waals surface area contributed by atoms with E-state index in [1.807, 2.05) is 6.26 Å². The monoisotopic (exact) mass is 443 g/mol. The third-order valence-corrected chi connectivity index (χ3v) is 5.70. The van der Waals surface area contributed by atoms with Gasteiger partial charge in [0.1, 0.15) is 18.3 Å². The predicted molar refractivity (Wildman–Crippen MR) is 114 cm³/mol. The quantitative estimate of drug-likeness (QED) is 0.411. The Labute approximate surface area is 182 Å². The Hall–Kier alpha value is -2.84. The van der Waals surface area contributed by atoms with Gasteiger partial charge in [-0.1, -0.05) is 23.7 Å². The van der Waals surface area contributed by atoms with E-state index in [2.05, 4.69) is 4.98 Å². The molecular formula is C21H18ClN3O4S. The average molecular weight is 444 g/mol. The summed E-state index contributed by atoms with van der Waals surface area (Å²) in [6.07, 6.45) is 5.63. The predicted octanol–water partition coefficient (Wildman–Crippen LogP) is 3.45. The number of carbonyl (C=O) groups excluding carboxylic acids is 3. The van der Waals surface area contributed by atoms with E-state index in [9.17, 15) is 14.4 Å². The molecule has 1 aromatic carbocycles. The largest absolute Gasteiger partial charge is 0.458 e. The summed E-state index contributed by atoms with van der Waals surface area (Å²) in [5, 5.41) is 0.561. The number of nitrogens with zero attached hydrogens (tertiary/aromatic N) is 3. The number of ether oxygens (including phenoxy) is 1. The number of benzene rings is 1. The fraction of sp³-hybridized carbons (Fsp3) is 0.238. The lowest BCUT2D eigenvalue weighted by Crippen LogP contribution is -2.46. The average Bonchev–Trinajstić information content (AvgIpc) is 3.26. The fourth-order valence-electron chi connectivity index (χ4n) is 3.40. The lowest BCUT2D eigenvalue weighted by molar-refractivity contribution is -0.149. The van der Waals surface area contributed by atoms with Crippen molar-refractivity contribution in [3.8, 4) is 0 Å². The van der Waals surface area contributed by atoms with E-state index >= 15 is 0 Å². The smallest absolute Gasteiger partial charge is 0.329 e. The van der Waals surface area contributed by atoms with Gasteiger partial charge in [-0.2, -0.15) is 11.8 Å². The zero-order chi connectivity index (χ0) is 21.3. The van der Waals surface area contributed by atoms with Crippen LogP contribution in [-0.2, 0) is 16.1 Å². The molecule has 2 aromatic heterocycles. The van der Waals surface area contributed by atoms with Crippen LogP contribution in [0.2, 0.25) is 5.02 Å². The minimum atomic E-state index is -0.990. The molecule has 1 aliphatic heterocycles. The first-order valence-electron chi connectivity index (χ1n) is 9.25. The van der Waals surface area contributed by atoms with E-state index < -0.39 is 23.8 Å². The van der Waals surface area contributed by atoms with Crippen LogP contribution in [0, 0.1) is 0 Å². The summed E-state index contributed by atoms with van der Waals surface area (Å²) >= 11 is 7.50. The number of hydrogen-bond acceptors (Lipinski definition) is 6. The van der Waals surface area contributed by atoms with Gasteiger partial charge in [-0.25, -0.2) is 9.78 Å². The van der Waals surface area contributed by atoms with Crippen LogP contribution in [0.15, 0.2) is 48.8 Å². The maximum absolute atomic E-state index is 12.9.